The van der Waals surface area contributed by atoms with E-state index >= 15 is 0 Å². The fraction of sp³-hybridized carbons (Fsp3) is 0.148. The van der Waals surface area contributed by atoms with Crippen LogP contribution < -0.4 is 10.1 Å². The molecule has 6 heteroatoms. The smallest absolute Gasteiger partial charge is 0.248 e. The lowest BCUT2D eigenvalue weighted by molar-refractivity contribution is -0.111. The van der Waals surface area contributed by atoms with E-state index in [0.717, 1.165) is 28.3 Å². The third-order valence-corrected chi connectivity index (χ3v) is 5.06. The van der Waals surface area contributed by atoms with Crippen molar-refractivity contribution < 1.29 is 9.53 Å². The summed E-state index contributed by atoms with van der Waals surface area (Å²) in [5, 5.41) is 11.1. The standard InChI is InChI=1S/C27H26N4O2/c1-20(2)26-18-28-30-31(26)24-12-7-11-23(17-24)29-27(32)15-14-21-10-6-13-25(16-21)33-19-22-8-4-3-5-9-22/h3-18,20H,19H2,1-2H3,(H,29,32)/b15-14+. The second kappa shape index (κ2) is 10.4. The van der Waals surface area contributed by atoms with Crippen molar-refractivity contribution >= 4 is 17.7 Å². The van der Waals surface area contributed by atoms with E-state index in [1.165, 1.54) is 6.08 Å². The molecule has 0 spiro atoms. The summed E-state index contributed by atoms with van der Waals surface area (Å²) >= 11 is 0. The van der Waals surface area contributed by atoms with Gasteiger partial charge in [0.2, 0.25) is 5.91 Å². The first kappa shape index (κ1) is 22.0. The quantitative estimate of drug-likeness (QED) is 0.363. The van der Waals surface area contributed by atoms with E-state index in [-0.39, 0.29) is 11.8 Å². The van der Waals surface area contributed by atoms with Crippen molar-refractivity contribution in [1.82, 2.24) is 15.0 Å². The van der Waals surface area contributed by atoms with E-state index in [9.17, 15) is 4.79 Å². The van der Waals surface area contributed by atoms with Crippen LogP contribution in [0.4, 0.5) is 5.69 Å². The fourth-order valence-corrected chi connectivity index (χ4v) is 3.36. The van der Waals surface area contributed by atoms with E-state index in [1.807, 2.05) is 78.9 Å². The first-order valence-corrected chi connectivity index (χ1v) is 10.9. The number of hydrogen-bond acceptors (Lipinski definition) is 4. The first-order chi connectivity index (χ1) is 16.1. The van der Waals surface area contributed by atoms with Gasteiger partial charge in [0.1, 0.15) is 12.4 Å². The molecule has 0 unspecified atom stereocenters. The summed E-state index contributed by atoms with van der Waals surface area (Å²) in [6.45, 7) is 4.68. The lowest BCUT2D eigenvalue weighted by Gasteiger charge is -2.10. The van der Waals surface area contributed by atoms with Crippen LogP contribution in [0.25, 0.3) is 11.8 Å². The van der Waals surface area contributed by atoms with Gasteiger partial charge in [-0.15, -0.1) is 5.10 Å². The minimum atomic E-state index is -0.217. The van der Waals surface area contributed by atoms with Gasteiger partial charge in [-0.05, 0) is 53.5 Å². The molecule has 0 aliphatic carbocycles. The van der Waals surface area contributed by atoms with Gasteiger partial charge in [0.05, 0.1) is 17.6 Å². The van der Waals surface area contributed by atoms with Crippen molar-refractivity contribution in [2.45, 2.75) is 26.4 Å². The number of ether oxygens (including phenoxy) is 1. The van der Waals surface area contributed by atoms with Gasteiger partial charge in [-0.3, -0.25) is 4.79 Å². The van der Waals surface area contributed by atoms with Gasteiger partial charge in [0.25, 0.3) is 0 Å². The van der Waals surface area contributed by atoms with Crippen LogP contribution in [0.15, 0.2) is 91.1 Å². The largest absolute Gasteiger partial charge is 0.489 e. The van der Waals surface area contributed by atoms with Crippen LogP contribution in [-0.2, 0) is 11.4 Å². The lowest BCUT2D eigenvalue weighted by atomic mass is 10.1. The third-order valence-electron chi connectivity index (χ3n) is 5.06. The average Bonchev–Trinajstić information content (AvgIpc) is 3.33. The summed E-state index contributed by atoms with van der Waals surface area (Å²) in [4.78, 5) is 12.5. The molecule has 4 rings (SSSR count). The van der Waals surface area contributed by atoms with Gasteiger partial charge >= 0.3 is 0 Å². The molecule has 0 atom stereocenters. The summed E-state index contributed by atoms with van der Waals surface area (Å²) in [7, 11) is 0. The third kappa shape index (κ3) is 5.95. The van der Waals surface area contributed by atoms with Crippen LogP contribution >= 0.6 is 0 Å². The number of benzene rings is 3. The molecular weight excluding hydrogens is 412 g/mol. The van der Waals surface area contributed by atoms with Crippen LogP contribution in [0, 0.1) is 0 Å². The Labute approximate surface area is 193 Å². The zero-order chi connectivity index (χ0) is 23.0. The van der Waals surface area contributed by atoms with Crippen molar-refractivity contribution in [3.8, 4) is 11.4 Å². The highest BCUT2D eigenvalue weighted by molar-refractivity contribution is 6.02. The highest BCUT2D eigenvalue weighted by atomic mass is 16.5. The number of amides is 1. The molecule has 166 valence electrons. The molecular formula is C27H26N4O2. The van der Waals surface area contributed by atoms with Gasteiger partial charge < -0.3 is 10.1 Å². The number of nitrogens with zero attached hydrogens (tertiary/aromatic N) is 3. The Morgan fingerprint density at radius 2 is 1.85 bits per heavy atom. The minimum absolute atomic E-state index is 0.217. The topological polar surface area (TPSA) is 69.0 Å². The Kier molecular flexibility index (Phi) is 6.95. The monoisotopic (exact) mass is 438 g/mol. The fourth-order valence-electron chi connectivity index (χ4n) is 3.36. The van der Waals surface area contributed by atoms with Crippen molar-refractivity contribution in [1.29, 1.82) is 0 Å². The molecule has 3 aromatic carbocycles. The van der Waals surface area contributed by atoms with Crippen molar-refractivity contribution in [2.75, 3.05) is 5.32 Å². The Morgan fingerprint density at radius 3 is 2.67 bits per heavy atom. The molecule has 0 fully saturated rings. The van der Waals surface area contributed by atoms with E-state index in [0.29, 0.717) is 12.3 Å². The van der Waals surface area contributed by atoms with Crippen molar-refractivity contribution in [3.63, 3.8) is 0 Å². The molecule has 6 nitrogen and oxygen atoms in total. The van der Waals surface area contributed by atoms with Gasteiger partial charge in [-0.25, -0.2) is 4.68 Å². The van der Waals surface area contributed by atoms with Crippen LogP contribution in [0.5, 0.6) is 5.75 Å². The number of hydrogen-bond donors (Lipinski definition) is 1. The maximum Gasteiger partial charge on any atom is 0.248 e. The molecule has 0 saturated carbocycles. The zero-order valence-electron chi connectivity index (χ0n) is 18.7. The van der Waals surface area contributed by atoms with Crippen LogP contribution in [0.3, 0.4) is 0 Å². The molecule has 0 radical (unpaired) electrons. The van der Waals surface area contributed by atoms with Crippen molar-refractivity contribution in [2.24, 2.45) is 0 Å². The normalized spacial score (nSPS) is 11.1. The molecule has 33 heavy (non-hydrogen) atoms. The minimum Gasteiger partial charge on any atom is -0.489 e. The Bertz CT molecular complexity index is 1250. The molecule has 1 aromatic heterocycles. The van der Waals surface area contributed by atoms with E-state index in [2.05, 4.69) is 29.5 Å². The highest BCUT2D eigenvalue weighted by Crippen LogP contribution is 2.20. The number of aromatic nitrogens is 3. The SMILES string of the molecule is CC(C)c1cnnn1-c1cccc(NC(=O)/C=C/c2cccc(OCc3ccccc3)c2)c1. The number of carbonyl (C=O) groups is 1. The number of rotatable bonds is 8. The second-order valence-electron chi connectivity index (χ2n) is 7.95. The molecule has 4 aromatic rings. The summed E-state index contributed by atoms with van der Waals surface area (Å²) in [6, 6.07) is 25.2. The zero-order valence-corrected chi connectivity index (χ0v) is 18.7. The highest BCUT2D eigenvalue weighted by Gasteiger charge is 2.10. The molecule has 1 heterocycles. The summed E-state index contributed by atoms with van der Waals surface area (Å²) in [5.41, 5.74) is 4.53. The van der Waals surface area contributed by atoms with Gasteiger partial charge in [0, 0.05) is 11.8 Å². The Morgan fingerprint density at radius 1 is 1.03 bits per heavy atom. The maximum atomic E-state index is 12.5. The number of anilines is 1. The van der Waals surface area contributed by atoms with Gasteiger partial charge in [-0.1, -0.05) is 67.6 Å². The maximum absolute atomic E-state index is 12.5. The Hall–Kier alpha value is -4.19. The first-order valence-electron chi connectivity index (χ1n) is 10.9. The summed E-state index contributed by atoms with van der Waals surface area (Å²) in [6.07, 6.45) is 5.04. The predicted octanol–water partition coefficient (Wildman–Crippen LogP) is 5.62. The second-order valence-corrected chi connectivity index (χ2v) is 7.95. The summed E-state index contributed by atoms with van der Waals surface area (Å²) in [5.74, 6) is 0.821. The predicted molar refractivity (Wildman–Crippen MR) is 130 cm³/mol. The van der Waals surface area contributed by atoms with Crippen LogP contribution in [0.1, 0.15) is 36.6 Å². The molecule has 1 N–H and O–H groups in total. The lowest BCUT2D eigenvalue weighted by Crippen LogP contribution is -2.09. The average molecular weight is 439 g/mol. The van der Waals surface area contributed by atoms with Crippen molar-refractivity contribution in [3.05, 3.63) is 108 Å². The van der Waals surface area contributed by atoms with Gasteiger partial charge in [-0.2, -0.15) is 0 Å². The van der Waals surface area contributed by atoms with E-state index in [1.54, 1.807) is 17.0 Å². The Balaban J connectivity index is 1.39. The molecule has 0 saturated heterocycles. The van der Waals surface area contributed by atoms with Crippen LogP contribution in [0.2, 0.25) is 0 Å². The van der Waals surface area contributed by atoms with Crippen LogP contribution in [-0.4, -0.2) is 20.9 Å². The van der Waals surface area contributed by atoms with Gasteiger partial charge in [0.15, 0.2) is 0 Å². The molecule has 0 aliphatic heterocycles. The summed E-state index contributed by atoms with van der Waals surface area (Å²) < 4.78 is 7.65. The van der Waals surface area contributed by atoms with E-state index < -0.39 is 0 Å². The van der Waals surface area contributed by atoms with E-state index in [4.69, 9.17) is 4.74 Å². The number of carbonyl (C=O) groups excluding carboxylic acids is 1. The molecule has 0 aliphatic rings. The molecule has 0 bridgehead atoms. The number of nitrogens with one attached hydrogen (secondary N) is 1. The molecule has 1 amide bonds.